The van der Waals surface area contributed by atoms with Crippen molar-refractivity contribution >= 4 is 28.6 Å². The van der Waals surface area contributed by atoms with E-state index in [1.165, 1.54) is 4.68 Å². The van der Waals surface area contributed by atoms with Gasteiger partial charge in [-0.2, -0.15) is 9.78 Å². The Bertz CT molecular complexity index is 1070. The van der Waals surface area contributed by atoms with Crippen molar-refractivity contribution in [3.63, 3.8) is 0 Å². The summed E-state index contributed by atoms with van der Waals surface area (Å²) in [6.07, 6.45) is 0. The quantitative estimate of drug-likeness (QED) is 0.532. The van der Waals surface area contributed by atoms with Crippen LogP contribution >= 0.6 is 11.6 Å². The average molecular weight is 383 g/mol. The maximum absolute atomic E-state index is 12.2. The van der Waals surface area contributed by atoms with Crippen molar-refractivity contribution in [2.75, 3.05) is 6.61 Å². The van der Waals surface area contributed by atoms with Crippen LogP contribution in [0.2, 0.25) is 5.02 Å². The lowest BCUT2D eigenvalue weighted by Gasteiger charge is -2.07. The summed E-state index contributed by atoms with van der Waals surface area (Å²) in [5.74, 6) is 0.697. The number of para-hydroxylation sites is 2. The monoisotopic (exact) mass is 382 g/mol. The topological polar surface area (TPSA) is 82.0 Å². The zero-order chi connectivity index (χ0) is 18.8. The number of halogens is 1. The summed E-state index contributed by atoms with van der Waals surface area (Å²) in [5.41, 5.74) is 2.35. The Balaban J connectivity index is 1.50. The van der Waals surface area contributed by atoms with Gasteiger partial charge in [0.25, 0.3) is 0 Å². The van der Waals surface area contributed by atoms with E-state index < -0.39 is 5.97 Å². The molecule has 0 aliphatic heterocycles. The summed E-state index contributed by atoms with van der Waals surface area (Å²) in [6, 6.07) is 16.0. The van der Waals surface area contributed by atoms with Gasteiger partial charge in [-0.25, -0.2) is 9.78 Å². The van der Waals surface area contributed by atoms with Crippen molar-refractivity contribution in [3.8, 4) is 17.6 Å². The smallest absolute Gasteiger partial charge is 0.350 e. The second-order valence-corrected chi connectivity index (χ2v) is 6.27. The molecule has 1 N–H and O–H groups in total. The number of carbonyl (C=O) groups is 1. The molecule has 2 aromatic carbocycles. The molecule has 0 spiro atoms. The number of aromatic nitrogens is 4. The minimum atomic E-state index is -0.554. The van der Waals surface area contributed by atoms with Crippen LogP contribution in [0.1, 0.15) is 5.69 Å². The highest BCUT2D eigenvalue weighted by atomic mass is 35.5. The van der Waals surface area contributed by atoms with Gasteiger partial charge in [0.2, 0.25) is 11.8 Å². The van der Waals surface area contributed by atoms with E-state index in [-0.39, 0.29) is 12.5 Å². The molecule has 0 radical (unpaired) electrons. The van der Waals surface area contributed by atoms with Gasteiger partial charge >= 0.3 is 5.97 Å². The molecule has 0 saturated heterocycles. The van der Waals surface area contributed by atoms with E-state index in [1.54, 1.807) is 37.3 Å². The summed E-state index contributed by atoms with van der Waals surface area (Å²) in [5, 5.41) is 4.94. The number of aryl methyl sites for hydroxylation is 1. The molecule has 0 fully saturated rings. The number of esters is 1. The Kier molecular flexibility index (Phi) is 4.52. The number of rotatable bonds is 5. The van der Waals surface area contributed by atoms with E-state index in [1.807, 2.05) is 24.3 Å². The molecule has 136 valence electrons. The standard InChI is InChI=1S/C19H15ClN4O3/c1-12-10-17(27-18(25)11-26-14-8-6-13(20)7-9-14)24(23-12)19-21-15-4-2-3-5-16(15)22-19/h2-10H,11H2,1H3,(H,21,22). The summed E-state index contributed by atoms with van der Waals surface area (Å²) in [7, 11) is 0. The highest BCUT2D eigenvalue weighted by Gasteiger charge is 2.16. The predicted octanol–water partition coefficient (Wildman–Crippen LogP) is 3.69. The molecule has 4 aromatic rings. The summed E-state index contributed by atoms with van der Waals surface area (Å²) < 4.78 is 12.3. The molecule has 0 bridgehead atoms. The van der Waals surface area contributed by atoms with Crippen LogP contribution in [0.4, 0.5) is 0 Å². The molecule has 8 heteroatoms. The summed E-state index contributed by atoms with van der Waals surface area (Å²) >= 11 is 5.82. The number of hydrogen-bond acceptors (Lipinski definition) is 5. The van der Waals surface area contributed by atoms with Crippen LogP contribution in [-0.4, -0.2) is 32.3 Å². The molecule has 7 nitrogen and oxygen atoms in total. The number of carbonyl (C=O) groups excluding carboxylic acids is 1. The van der Waals surface area contributed by atoms with Crippen LogP contribution in [0.25, 0.3) is 17.0 Å². The Labute approximate surface area is 159 Å². The second-order valence-electron chi connectivity index (χ2n) is 5.83. The number of benzene rings is 2. The van der Waals surface area contributed by atoms with Gasteiger partial charge in [0, 0.05) is 11.1 Å². The molecular formula is C19H15ClN4O3. The third-order valence-electron chi connectivity index (χ3n) is 3.77. The van der Waals surface area contributed by atoms with Gasteiger partial charge in [0.15, 0.2) is 6.61 Å². The Morgan fingerprint density at radius 2 is 1.96 bits per heavy atom. The van der Waals surface area contributed by atoms with Crippen LogP contribution < -0.4 is 9.47 Å². The lowest BCUT2D eigenvalue weighted by Crippen LogP contribution is -2.19. The summed E-state index contributed by atoms with van der Waals surface area (Å²) in [6.45, 7) is 1.56. The van der Waals surface area contributed by atoms with Crippen LogP contribution in [0.5, 0.6) is 11.6 Å². The normalized spacial score (nSPS) is 10.9. The number of H-pyrrole nitrogens is 1. The number of nitrogens with zero attached hydrogens (tertiary/aromatic N) is 3. The number of hydrogen-bond donors (Lipinski definition) is 1. The largest absolute Gasteiger partial charge is 0.482 e. The first kappa shape index (κ1) is 17.1. The van der Waals surface area contributed by atoms with Gasteiger partial charge in [-0.15, -0.1) is 0 Å². The molecule has 2 heterocycles. The fourth-order valence-corrected chi connectivity index (χ4v) is 2.68. The van der Waals surface area contributed by atoms with Crippen LogP contribution in [0.3, 0.4) is 0 Å². The third kappa shape index (κ3) is 3.78. The third-order valence-corrected chi connectivity index (χ3v) is 4.02. The average Bonchev–Trinajstić information content (AvgIpc) is 3.24. The SMILES string of the molecule is Cc1cc(OC(=O)COc2ccc(Cl)cc2)n(-c2nc3ccccc3[nH]2)n1. The number of aromatic amines is 1. The molecule has 0 aliphatic rings. The Morgan fingerprint density at radius 3 is 2.74 bits per heavy atom. The van der Waals surface area contributed by atoms with E-state index in [4.69, 9.17) is 21.1 Å². The van der Waals surface area contributed by atoms with Crippen molar-refractivity contribution in [1.82, 2.24) is 19.7 Å². The number of fused-ring (bicyclic) bond motifs is 1. The Hall–Kier alpha value is -3.32. The molecule has 27 heavy (non-hydrogen) atoms. The molecule has 2 aromatic heterocycles. The van der Waals surface area contributed by atoms with E-state index in [9.17, 15) is 4.79 Å². The van der Waals surface area contributed by atoms with Crippen LogP contribution in [-0.2, 0) is 4.79 Å². The van der Waals surface area contributed by atoms with E-state index in [0.717, 1.165) is 11.0 Å². The maximum atomic E-state index is 12.2. The first-order valence-electron chi connectivity index (χ1n) is 8.19. The van der Waals surface area contributed by atoms with Gasteiger partial charge in [-0.1, -0.05) is 23.7 Å². The number of ether oxygens (including phenoxy) is 2. The van der Waals surface area contributed by atoms with Crippen molar-refractivity contribution in [3.05, 3.63) is 65.3 Å². The van der Waals surface area contributed by atoms with Crippen molar-refractivity contribution in [1.29, 1.82) is 0 Å². The van der Waals surface area contributed by atoms with E-state index in [0.29, 0.717) is 22.4 Å². The van der Waals surface area contributed by atoms with Gasteiger partial charge in [-0.3, -0.25) is 0 Å². The maximum Gasteiger partial charge on any atom is 0.350 e. The van der Waals surface area contributed by atoms with Crippen molar-refractivity contribution < 1.29 is 14.3 Å². The predicted molar refractivity (Wildman–Crippen MR) is 101 cm³/mol. The van der Waals surface area contributed by atoms with Gasteiger partial charge < -0.3 is 14.5 Å². The highest BCUT2D eigenvalue weighted by molar-refractivity contribution is 6.30. The molecule has 0 amide bonds. The van der Waals surface area contributed by atoms with Gasteiger partial charge in [0.1, 0.15) is 5.75 Å². The second kappa shape index (κ2) is 7.13. The lowest BCUT2D eigenvalue weighted by atomic mass is 10.3. The van der Waals surface area contributed by atoms with Gasteiger partial charge in [0.05, 0.1) is 16.7 Å². The minimum absolute atomic E-state index is 0.244. The molecule has 0 saturated carbocycles. The molecule has 0 aliphatic carbocycles. The zero-order valence-corrected chi connectivity index (χ0v) is 15.1. The summed E-state index contributed by atoms with van der Waals surface area (Å²) in [4.78, 5) is 19.8. The fraction of sp³-hybridized carbons (Fsp3) is 0.105. The minimum Gasteiger partial charge on any atom is -0.482 e. The van der Waals surface area contributed by atoms with Crippen molar-refractivity contribution in [2.24, 2.45) is 0 Å². The zero-order valence-electron chi connectivity index (χ0n) is 14.3. The lowest BCUT2D eigenvalue weighted by molar-refractivity contribution is -0.137. The van der Waals surface area contributed by atoms with Gasteiger partial charge in [-0.05, 0) is 43.3 Å². The first-order chi connectivity index (χ1) is 13.1. The van der Waals surface area contributed by atoms with Crippen LogP contribution in [0.15, 0.2) is 54.6 Å². The van der Waals surface area contributed by atoms with E-state index in [2.05, 4.69) is 15.1 Å². The highest BCUT2D eigenvalue weighted by Crippen LogP contribution is 2.21. The number of nitrogens with one attached hydrogen (secondary N) is 1. The first-order valence-corrected chi connectivity index (χ1v) is 8.57. The van der Waals surface area contributed by atoms with E-state index >= 15 is 0 Å². The van der Waals surface area contributed by atoms with Crippen LogP contribution in [0, 0.1) is 6.92 Å². The molecular weight excluding hydrogens is 368 g/mol. The Morgan fingerprint density at radius 1 is 1.19 bits per heavy atom. The fourth-order valence-electron chi connectivity index (χ4n) is 2.56. The molecule has 0 unspecified atom stereocenters. The molecule has 4 rings (SSSR count). The van der Waals surface area contributed by atoms with Crippen molar-refractivity contribution in [2.45, 2.75) is 6.92 Å². The molecule has 0 atom stereocenters. The number of imidazole rings is 1.